The van der Waals surface area contributed by atoms with Gasteiger partial charge in [0.2, 0.25) is 0 Å². The molecule has 0 radical (unpaired) electrons. The van der Waals surface area contributed by atoms with Crippen molar-refractivity contribution in [3.63, 3.8) is 0 Å². The minimum atomic E-state index is -4.75. The van der Waals surface area contributed by atoms with E-state index in [1.54, 1.807) is 6.92 Å². The zero-order chi connectivity index (χ0) is 16.5. The number of hydrogen-bond acceptors (Lipinski definition) is 4. The van der Waals surface area contributed by atoms with Crippen LogP contribution in [-0.4, -0.2) is 11.9 Å². The third-order valence-corrected chi connectivity index (χ3v) is 3.58. The predicted octanol–water partition coefficient (Wildman–Crippen LogP) is -4.17. The summed E-state index contributed by atoms with van der Waals surface area (Å²) in [5, 5.41) is 0. The van der Waals surface area contributed by atoms with Crippen molar-refractivity contribution in [1.29, 1.82) is 0 Å². The molecule has 0 N–H and O–H groups in total. The molecule has 0 bridgehead atoms. The Morgan fingerprint density at radius 2 is 1.35 bits per heavy atom. The maximum absolute atomic E-state index is 11.3. The standard InChI is InChI=1S/C16H27O4P.2Na/c1-13(2)7-5-8-14(3)9-6-10-15(4)11-16(17)12-21(18,19)20;;/h7,9,11H,5-6,8,10,12H2,1-4H3,(H2,18,19,20);;/q;2*+1/p-2/b14-9+,15-11+;;. The molecule has 4 nitrogen and oxygen atoms in total. The number of hydrogen-bond donors (Lipinski definition) is 0. The van der Waals surface area contributed by atoms with Crippen molar-refractivity contribution in [2.45, 2.75) is 53.4 Å². The first-order valence-electron chi connectivity index (χ1n) is 7.10. The second-order valence-corrected chi connectivity index (χ2v) is 7.17. The molecule has 0 fully saturated rings. The normalized spacial score (nSPS) is 12.1. The molecular formula is C16H25Na2O4P. The van der Waals surface area contributed by atoms with Gasteiger partial charge in [-0.3, -0.25) is 4.79 Å². The van der Waals surface area contributed by atoms with Crippen LogP contribution < -0.4 is 73.8 Å². The summed E-state index contributed by atoms with van der Waals surface area (Å²) in [5.41, 5.74) is 3.41. The van der Waals surface area contributed by atoms with Crippen LogP contribution in [0.4, 0.5) is 0 Å². The molecule has 7 heteroatoms. The monoisotopic (exact) mass is 358 g/mol. The van der Waals surface area contributed by atoms with Crippen LogP contribution >= 0.6 is 7.94 Å². The fraction of sp³-hybridized carbons (Fsp3) is 0.562. The van der Waals surface area contributed by atoms with E-state index in [1.165, 1.54) is 17.2 Å². The molecule has 0 spiro atoms. The van der Waals surface area contributed by atoms with Crippen molar-refractivity contribution in [1.82, 2.24) is 0 Å². The van der Waals surface area contributed by atoms with E-state index in [0.717, 1.165) is 24.8 Å². The zero-order valence-electron chi connectivity index (χ0n) is 15.3. The van der Waals surface area contributed by atoms with Crippen molar-refractivity contribution >= 4 is 13.7 Å². The molecule has 0 aromatic rings. The Bertz CT molecular complexity index is 434. The van der Waals surface area contributed by atoms with E-state index in [2.05, 4.69) is 32.9 Å². The molecule has 0 aliphatic rings. The molecule has 0 aromatic carbocycles. The van der Waals surface area contributed by atoms with Gasteiger partial charge in [0.1, 0.15) is 6.16 Å². The zero-order valence-corrected chi connectivity index (χ0v) is 20.2. The van der Waals surface area contributed by atoms with Crippen molar-refractivity contribution in [2.75, 3.05) is 6.16 Å². The van der Waals surface area contributed by atoms with E-state index in [1.807, 2.05) is 0 Å². The average Bonchev–Trinajstić information content (AvgIpc) is 2.25. The Morgan fingerprint density at radius 3 is 1.83 bits per heavy atom. The van der Waals surface area contributed by atoms with Gasteiger partial charge < -0.3 is 14.7 Å². The quantitative estimate of drug-likeness (QED) is 0.181. The fourth-order valence-corrected chi connectivity index (χ4v) is 2.29. The van der Waals surface area contributed by atoms with Crippen LogP contribution in [0.2, 0.25) is 0 Å². The topological polar surface area (TPSA) is 86.2 Å². The SMILES string of the molecule is CC(C)=CCC/C(C)=C/CC/C(C)=C/C(=O)C[P+]([O-])([O-])[O-].[Na+].[Na+]. The molecule has 120 valence electrons. The van der Waals surface area contributed by atoms with Gasteiger partial charge in [0, 0.05) is 0 Å². The van der Waals surface area contributed by atoms with E-state index in [9.17, 15) is 19.5 Å². The largest absolute Gasteiger partial charge is 1.00 e. The molecule has 0 saturated heterocycles. The Morgan fingerprint density at radius 1 is 0.870 bits per heavy atom. The number of allylic oxidation sites excluding steroid dienone is 6. The molecule has 0 saturated carbocycles. The van der Waals surface area contributed by atoms with Gasteiger partial charge >= 0.3 is 59.1 Å². The summed E-state index contributed by atoms with van der Waals surface area (Å²) < 4.78 is 0. The van der Waals surface area contributed by atoms with Gasteiger partial charge in [-0.1, -0.05) is 28.9 Å². The molecular weight excluding hydrogens is 333 g/mol. The molecule has 0 aliphatic heterocycles. The summed E-state index contributed by atoms with van der Waals surface area (Å²) in [6, 6.07) is 0. The van der Waals surface area contributed by atoms with Gasteiger partial charge in [-0.25, -0.2) is 0 Å². The fourth-order valence-electron chi connectivity index (χ4n) is 1.82. The van der Waals surface area contributed by atoms with Crippen LogP contribution in [0.25, 0.3) is 0 Å². The molecule has 0 aliphatic carbocycles. The van der Waals surface area contributed by atoms with Crippen LogP contribution in [0.5, 0.6) is 0 Å². The van der Waals surface area contributed by atoms with E-state index >= 15 is 0 Å². The molecule has 0 atom stereocenters. The Labute approximate surface area is 185 Å². The second-order valence-electron chi connectivity index (χ2n) is 5.64. The number of ketones is 1. The van der Waals surface area contributed by atoms with Gasteiger partial charge in [-0.15, -0.1) is 0 Å². The van der Waals surface area contributed by atoms with Gasteiger partial charge in [0.05, 0.1) is 0 Å². The maximum Gasteiger partial charge on any atom is 1.00 e. The van der Waals surface area contributed by atoms with Crippen LogP contribution in [0.3, 0.4) is 0 Å². The molecule has 23 heavy (non-hydrogen) atoms. The first-order chi connectivity index (χ1) is 9.60. The maximum atomic E-state index is 11.3. The summed E-state index contributed by atoms with van der Waals surface area (Å²) in [6.45, 7) is 8.00. The van der Waals surface area contributed by atoms with E-state index in [-0.39, 0.29) is 59.1 Å². The summed E-state index contributed by atoms with van der Waals surface area (Å²) in [6.07, 6.45) is 8.20. The molecule has 0 rings (SSSR count). The van der Waals surface area contributed by atoms with Crippen molar-refractivity contribution in [3.8, 4) is 0 Å². The van der Waals surface area contributed by atoms with Crippen LogP contribution in [0.15, 0.2) is 34.9 Å². The average molecular weight is 358 g/mol. The summed E-state index contributed by atoms with van der Waals surface area (Å²) in [7, 11) is -4.75. The van der Waals surface area contributed by atoms with E-state index in [0.29, 0.717) is 6.42 Å². The summed E-state index contributed by atoms with van der Waals surface area (Å²) >= 11 is 0. The first-order valence-corrected chi connectivity index (χ1v) is 8.83. The van der Waals surface area contributed by atoms with Crippen LogP contribution in [0, 0.1) is 0 Å². The number of carbonyl (C=O) groups excluding carboxylic acids is 1. The van der Waals surface area contributed by atoms with Crippen molar-refractivity contribution in [3.05, 3.63) is 34.9 Å². The summed E-state index contributed by atoms with van der Waals surface area (Å²) in [5.74, 6) is -0.634. The van der Waals surface area contributed by atoms with Crippen LogP contribution in [-0.2, 0) is 4.79 Å². The third kappa shape index (κ3) is 21.2. The van der Waals surface area contributed by atoms with Gasteiger partial charge in [-0.2, -0.15) is 7.94 Å². The molecule has 0 heterocycles. The van der Waals surface area contributed by atoms with Crippen molar-refractivity contribution in [2.24, 2.45) is 0 Å². The Kier molecular flexibility index (Phi) is 19.5. The van der Waals surface area contributed by atoms with Gasteiger partial charge in [0.25, 0.3) is 0 Å². The molecule has 0 aromatic heterocycles. The minimum absolute atomic E-state index is 0. The molecule has 0 unspecified atom stereocenters. The second kappa shape index (κ2) is 15.5. The van der Waals surface area contributed by atoms with Crippen LogP contribution in [0.1, 0.15) is 53.4 Å². The van der Waals surface area contributed by atoms with E-state index < -0.39 is 19.9 Å². The third-order valence-electron chi connectivity index (χ3n) is 2.88. The Hall–Kier alpha value is 1.20. The number of rotatable bonds is 9. The number of carbonyl (C=O) groups is 1. The molecule has 0 amide bonds. The minimum Gasteiger partial charge on any atom is -0.687 e. The summed E-state index contributed by atoms with van der Waals surface area (Å²) in [4.78, 5) is 42.7. The van der Waals surface area contributed by atoms with Gasteiger partial charge in [-0.05, 0) is 59.5 Å². The first kappa shape index (κ1) is 29.0. The smallest absolute Gasteiger partial charge is 0.687 e. The van der Waals surface area contributed by atoms with Crippen molar-refractivity contribution < 1.29 is 78.6 Å². The van der Waals surface area contributed by atoms with Gasteiger partial charge in [0.15, 0.2) is 5.78 Å². The predicted molar refractivity (Wildman–Crippen MR) is 82.2 cm³/mol. The van der Waals surface area contributed by atoms with E-state index in [4.69, 9.17) is 0 Å². The Balaban J connectivity index is -0.00000200.